The molecule has 0 heterocycles. The Hall–Kier alpha value is -0.999. The van der Waals surface area contributed by atoms with Gasteiger partial charge in [0.1, 0.15) is 0 Å². The van der Waals surface area contributed by atoms with Crippen LogP contribution >= 0.6 is 0 Å². The number of hydrogen-bond acceptors (Lipinski definition) is 3. The Balaban J connectivity index is 2.63. The van der Waals surface area contributed by atoms with Gasteiger partial charge in [-0.15, -0.1) is 0 Å². The van der Waals surface area contributed by atoms with Gasteiger partial charge < -0.3 is 13.5 Å². The number of carbonyl (C=O) groups excluding carboxylic acids is 1. The Morgan fingerprint density at radius 1 is 0.962 bits per heavy atom. The largest absolute Gasteiger partial charge is 0.434 e. The zero-order chi connectivity index (χ0) is 20.0. The Kier molecular flexibility index (Phi) is 8.22. The molecule has 0 atom stereocenters. The van der Waals surface area contributed by atoms with Gasteiger partial charge in [0, 0.05) is 13.0 Å². The first kappa shape index (κ1) is 23.0. The minimum Gasteiger partial charge on any atom is -0.434 e. The van der Waals surface area contributed by atoms with E-state index >= 15 is 0 Å². The summed E-state index contributed by atoms with van der Waals surface area (Å²) in [5, 5.41) is 3.90. The second kappa shape index (κ2) is 9.27. The molecule has 0 fully saturated rings. The van der Waals surface area contributed by atoms with Gasteiger partial charge in [0.25, 0.3) is 0 Å². The highest BCUT2D eigenvalue weighted by Crippen LogP contribution is 2.25. The minimum atomic E-state index is -2.56. The molecule has 7 heteroatoms. The second-order valence-electron chi connectivity index (χ2n) is 8.74. The summed E-state index contributed by atoms with van der Waals surface area (Å²) in [7, 11) is -6.13. The van der Waals surface area contributed by atoms with E-state index < -0.39 is 25.2 Å². The first-order valence-electron chi connectivity index (χ1n) is 9.20. The molecule has 26 heavy (non-hydrogen) atoms. The van der Waals surface area contributed by atoms with Crippen molar-refractivity contribution in [2.75, 3.05) is 6.54 Å². The Morgan fingerprint density at radius 3 is 1.92 bits per heavy atom. The molecule has 0 spiro atoms. The average Bonchev–Trinajstić information content (AvgIpc) is 2.47. The molecule has 0 bridgehead atoms. The van der Waals surface area contributed by atoms with Crippen molar-refractivity contribution in [1.82, 2.24) is 5.32 Å². The van der Waals surface area contributed by atoms with Crippen LogP contribution in [0.2, 0.25) is 45.8 Å². The molecule has 0 radical (unpaired) electrons. The normalized spacial score (nSPS) is 12.7. The van der Waals surface area contributed by atoms with E-state index in [9.17, 15) is 4.79 Å². The third-order valence-electron chi connectivity index (χ3n) is 3.63. The van der Waals surface area contributed by atoms with Crippen LogP contribution in [0.1, 0.15) is 12.0 Å². The van der Waals surface area contributed by atoms with Gasteiger partial charge in [-0.1, -0.05) is 36.9 Å². The third-order valence-corrected chi connectivity index (χ3v) is 13.1. The molecule has 1 rings (SSSR count). The monoisotopic (exact) mass is 409 g/mol. The van der Waals surface area contributed by atoms with E-state index in [2.05, 4.69) is 57.7 Å². The highest BCUT2D eigenvalue weighted by molar-refractivity contribution is 6.91. The van der Waals surface area contributed by atoms with Crippen LogP contribution in [0.3, 0.4) is 0 Å². The van der Waals surface area contributed by atoms with Crippen molar-refractivity contribution in [3.05, 3.63) is 47.7 Å². The number of rotatable bonds is 10. The van der Waals surface area contributed by atoms with Gasteiger partial charge in [-0.05, 0) is 63.0 Å². The number of aryl methyl sites for hydroxylation is 1. The molecular formula is C19H35NO3Si3. The van der Waals surface area contributed by atoms with Crippen LogP contribution in [0.5, 0.6) is 0 Å². The maximum atomic E-state index is 12.2. The fourth-order valence-corrected chi connectivity index (χ4v) is 14.1. The maximum Gasteiger partial charge on any atom is 0.345 e. The fourth-order valence-electron chi connectivity index (χ4n) is 2.69. The van der Waals surface area contributed by atoms with Crippen LogP contribution in [0.25, 0.3) is 0 Å². The number of benzene rings is 1. The number of carbonyl (C=O) groups is 1. The first-order valence-corrected chi connectivity index (χ1v) is 18.3. The Bertz CT molecular complexity index is 591. The van der Waals surface area contributed by atoms with Crippen molar-refractivity contribution < 1.29 is 13.0 Å². The van der Waals surface area contributed by atoms with Gasteiger partial charge in [0.2, 0.25) is 5.91 Å². The molecule has 1 aromatic rings. The van der Waals surface area contributed by atoms with Crippen LogP contribution in [-0.2, 0) is 19.4 Å². The van der Waals surface area contributed by atoms with E-state index in [1.54, 1.807) is 0 Å². The number of hydrogen-bond donors (Lipinski definition) is 1. The molecule has 1 aromatic carbocycles. The van der Waals surface area contributed by atoms with E-state index in [-0.39, 0.29) is 5.91 Å². The maximum absolute atomic E-state index is 12.2. The summed E-state index contributed by atoms with van der Waals surface area (Å²) in [6, 6.07) is 10.1. The lowest BCUT2D eigenvalue weighted by atomic mass is 10.1. The van der Waals surface area contributed by atoms with Gasteiger partial charge in [0.05, 0.1) is 0 Å². The quantitative estimate of drug-likeness (QED) is 0.574. The van der Waals surface area contributed by atoms with Gasteiger partial charge in [-0.2, -0.15) is 0 Å². The number of amides is 1. The summed E-state index contributed by atoms with van der Waals surface area (Å²) in [5.41, 5.74) is 1.17. The third kappa shape index (κ3) is 9.09. The molecule has 0 aromatic heterocycles. The number of nitrogens with one attached hydrogen (secondary N) is 1. The van der Waals surface area contributed by atoms with Gasteiger partial charge >= 0.3 is 8.56 Å². The van der Waals surface area contributed by atoms with Gasteiger partial charge in [-0.25, -0.2) is 0 Å². The Labute approximate surface area is 162 Å². The molecule has 0 saturated heterocycles. The minimum absolute atomic E-state index is 0.0346. The van der Waals surface area contributed by atoms with Crippen molar-refractivity contribution in [1.29, 1.82) is 0 Å². The van der Waals surface area contributed by atoms with E-state index in [1.807, 2.05) is 30.3 Å². The standard InChI is InChI=1S/C19H35NO3Si3/c1-17(26(8,22-24(2,3)4)23-25(5,6)7)16-20-19(21)15-14-18-12-10-9-11-13-18/h9-13H,1,14-16H2,2-8H3,(H,20,21). The summed E-state index contributed by atoms with van der Waals surface area (Å²) in [5.74, 6) is 0.0346. The zero-order valence-corrected chi connectivity index (χ0v) is 20.4. The zero-order valence-electron chi connectivity index (χ0n) is 17.4. The molecule has 0 aliphatic carbocycles. The van der Waals surface area contributed by atoms with Crippen LogP contribution in [-0.4, -0.2) is 37.6 Å². The molecule has 0 aliphatic rings. The summed E-state index contributed by atoms with van der Waals surface area (Å²) in [6.07, 6.45) is 1.21. The SMILES string of the molecule is C=C(CNC(=O)CCc1ccccc1)[Si](C)(O[Si](C)(C)C)O[Si](C)(C)C. The lowest BCUT2D eigenvalue weighted by molar-refractivity contribution is -0.120. The predicted molar refractivity (Wildman–Crippen MR) is 117 cm³/mol. The smallest absolute Gasteiger partial charge is 0.345 e. The Morgan fingerprint density at radius 2 is 1.46 bits per heavy atom. The average molecular weight is 410 g/mol. The summed E-state index contributed by atoms with van der Waals surface area (Å²) < 4.78 is 12.9. The van der Waals surface area contributed by atoms with Crippen LogP contribution in [0.15, 0.2) is 42.1 Å². The van der Waals surface area contributed by atoms with Crippen molar-refractivity contribution >= 4 is 31.1 Å². The topological polar surface area (TPSA) is 47.6 Å². The predicted octanol–water partition coefficient (Wildman–Crippen LogP) is 4.61. The lowest BCUT2D eigenvalue weighted by Crippen LogP contribution is -2.55. The van der Waals surface area contributed by atoms with Gasteiger partial charge in [-0.3, -0.25) is 4.79 Å². The molecule has 146 valence electrons. The van der Waals surface area contributed by atoms with E-state index in [0.29, 0.717) is 13.0 Å². The van der Waals surface area contributed by atoms with Crippen molar-refractivity contribution in [3.8, 4) is 0 Å². The second-order valence-corrected chi connectivity index (χ2v) is 21.4. The molecule has 0 aliphatic heterocycles. The molecule has 1 amide bonds. The van der Waals surface area contributed by atoms with Gasteiger partial charge in [0.15, 0.2) is 16.6 Å². The van der Waals surface area contributed by atoms with Crippen LogP contribution in [0.4, 0.5) is 0 Å². The van der Waals surface area contributed by atoms with Crippen LogP contribution in [0, 0.1) is 0 Å². The van der Waals surface area contributed by atoms with E-state index in [0.717, 1.165) is 11.6 Å². The first-order chi connectivity index (χ1) is 11.8. The molecule has 0 unspecified atom stereocenters. The van der Waals surface area contributed by atoms with E-state index in [4.69, 9.17) is 8.23 Å². The molecule has 4 nitrogen and oxygen atoms in total. The lowest BCUT2D eigenvalue weighted by Gasteiger charge is -2.39. The molecular weight excluding hydrogens is 374 g/mol. The van der Waals surface area contributed by atoms with E-state index in [1.165, 1.54) is 5.56 Å². The molecule has 0 saturated carbocycles. The highest BCUT2D eigenvalue weighted by Gasteiger charge is 2.42. The van der Waals surface area contributed by atoms with Crippen molar-refractivity contribution in [2.24, 2.45) is 0 Å². The summed E-state index contributed by atoms with van der Waals surface area (Å²) >= 11 is 0. The fraction of sp³-hybridized carbons (Fsp3) is 0.526. The summed E-state index contributed by atoms with van der Waals surface area (Å²) in [6.45, 7) is 19.7. The van der Waals surface area contributed by atoms with Crippen molar-refractivity contribution in [2.45, 2.75) is 58.7 Å². The van der Waals surface area contributed by atoms with Crippen molar-refractivity contribution in [3.63, 3.8) is 0 Å². The van der Waals surface area contributed by atoms with Crippen LogP contribution < -0.4 is 5.32 Å². The molecule has 1 N–H and O–H groups in total. The summed E-state index contributed by atoms with van der Waals surface area (Å²) in [4.78, 5) is 12.2. The highest BCUT2D eigenvalue weighted by atomic mass is 28.5.